The number of carbonyl (C=O) groups is 2. The summed E-state index contributed by atoms with van der Waals surface area (Å²) in [5, 5.41) is 9.14. The van der Waals surface area contributed by atoms with Crippen LogP contribution in [0, 0.1) is 0 Å². The van der Waals surface area contributed by atoms with Crippen molar-refractivity contribution in [2.24, 2.45) is 5.10 Å². The molecule has 3 aromatic carbocycles. The number of nitrogens with one attached hydrogen (secondary N) is 2. The van der Waals surface area contributed by atoms with Crippen molar-refractivity contribution in [2.45, 2.75) is 13.3 Å². The molecule has 0 aromatic heterocycles. The number of ether oxygens (including phenoxy) is 2. The van der Waals surface area contributed by atoms with Crippen LogP contribution in [-0.2, 0) is 4.79 Å². The molecule has 0 radical (unpaired) electrons. The molecule has 31 heavy (non-hydrogen) atoms. The normalized spacial score (nSPS) is 11.2. The third-order valence-corrected chi connectivity index (χ3v) is 4.82. The van der Waals surface area contributed by atoms with E-state index in [0.29, 0.717) is 33.5 Å². The fourth-order valence-corrected chi connectivity index (χ4v) is 3.20. The summed E-state index contributed by atoms with van der Waals surface area (Å²) in [7, 11) is 2.96. The maximum absolute atomic E-state index is 12.4. The average Bonchev–Trinajstić information content (AvgIpc) is 2.77. The number of methoxy groups -OCH3 is 2. The van der Waals surface area contributed by atoms with Crippen molar-refractivity contribution in [3.63, 3.8) is 0 Å². The van der Waals surface area contributed by atoms with Crippen LogP contribution in [0.4, 0.5) is 5.69 Å². The molecule has 0 fully saturated rings. The van der Waals surface area contributed by atoms with Gasteiger partial charge in [0.2, 0.25) is 5.91 Å². The lowest BCUT2D eigenvalue weighted by Gasteiger charge is -2.13. The highest BCUT2D eigenvalue weighted by atomic mass is 35.5. The summed E-state index contributed by atoms with van der Waals surface area (Å²) in [6.45, 7) is 1.65. The van der Waals surface area contributed by atoms with E-state index in [1.165, 1.54) is 14.2 Å². The maximum Gasteiger partial charge on any atom is 0.271 e. The molecule has 0 aliphatic rings. The van der Waals surface area contributed by atoms with Crippen molar-refractivity contribution in [1.29, 1.82) is 0 Å². The van der Waals surface area contributed by atoms with Crippen LogP contribution in [0.25, 0.3) is 10.8 Å². The van der Waals surface area contributed by atoms with Crippen LogP contribution >= 0.6 is 11.6 Å². The first kappa shape index (κ1) is 22.1. The van der Waals surface area contributed by atoms with Crippen molar-refractivity contribution in [3.05, 3.63) is 65.2 Å². The fourth-order valence-electron chi connectivity index (χ4n) is 2.97. The van der Waals surface area contributed by atoms with E-state index in [-0.39, 0.29) is 18.2 Å². The van der Waals surface area contributed by atoms with E-state index in [1.807, 2.05) is 30.3 Å². The highest BCUT2D eigenvalue weighted by Gasteiger charge is 2.13. The van der Waals surface area contributed by atoms with Crippen LogP contribution in [0.3, 0.4) is 0 Å². The molecule has 2 amide bonds. The zero-order chi connectivity index (χ0) is 22.4. The second-order valence-corrected chi connectivity index (χ2v) is 7.17. The van der Waals surface area contributed by atoms with Crippen molar-refractivity contribution in [3.8, 4) is 11.5 Å². The van der Waals surface area contributed by atoms with Crippen LogP contribution in [0.5, 0.6) is 11.5 Å². The molecule has 0 aliphatic carbocycles. The molecule has 8 heteroatoms. The molecule has 0 unspecified atom stereocenters. The van der Waals surface area contributed by atoms with Gasteiger partial charge in [-0.05, 0) is 29.8 Å². The summed E-state index contributed by atoms with van der Waals surface area (Å²) in [5.74, 6) is 0.127. The smallest absolute Gasteiger partial charge is 0.271 e. The van der Waals surface area contributed by atoms with E-state index < -0.39 is 0 Å². The molecule has 160 valence electrons. The SMILES string of the molecule is COc1cc(NC(=O)CC(C)=NNC(=O)c2ccc3ccccc3c2)c(OC)cc1Cl. The molecule has 0 saturated heterocycles. The third-order valence-electron chi connectivity index (χ3n) is 4.52. The van der Waals surface area contributed by atoms with Gasteiger partial charge in [0.15, 0.2) is 0 Å². The number of halogens is 1. The molecule has 0 spiro atoms. The van der Waals surface area contributed by atoms with E-state index in [4.69, 9.17) is 21.1 Å². The first-order valence-electron chi connectivity index (χ1n) is 9.45. The predicted molar refractivity (Wildman–Crippen MR) is 122 cm³/mol. The minimum atomic E-state index is -0.352. The lowest BCUT2D eigenvalue weighted by molar-refractivity contribution is -0.115. The van der Waals surface area contributed by atoms with Crippen molar-refractivity contribution in [2.75, 3.05) is 19.5 Å². The molecule has 3 rings (SSSR count). The van der Waals surface area contributed by atoms with Gasteiger partial charge in [0.05, 0.1) is 31.4 Å². The zero-order valence-corrected chi connectivity index (χ0v) is 18.1. The van der Waals surface area contributed by atoms with Crippen LogP contribution < -0.4 is 20.2 Å². The summed E-state index contributed by atoms with van der Waals surface area (Å²) < 4.78 is 10.4. The van der Waals surface area contributed by atoms with E-state index in [9.17, 15) is 9.59 Å². The Morgan fingerprint density at radius 2 is 1.68 bits per heavy atom. The van der Waals surface area contributed by atoms with E-state index >= 15 is 0 Å². The monoisotopic (exact) mass is 439 g/mol. The van der Waals surface area contributed by atoms with Gasteiger partial charge in [-0.25, -0.2) is 5.43 Å². The molecular weight excluding hydrogens is 418 g/mol. The average molecular weight is 440 g/mol. The first-order chi connectivity index (χ1) is 14.9. The van der Waals surface area contributed by atoms with Gasteiger partial charge in [-0.15, -0.1) is 0 Å². The second-order valence-electron chi connectivity index (χ2n) is 6.76. The Balaban J connectivity index is 1.63. The Morgan fingerprint density at radius 3 is 2.39 bits per heavy atom. The fraction of sp³-hybridized carbons (Fsp3) is 0.174. The number of anilines is 1. The van der Waals surface area contributed by atoms with Crippen LogP contribution in [0.15, 0.2) is 59.7 Å². The minimum absolute atomic E-state index is 0.0217. The van der Waals surface area contributed by atoms with E-state index in [0.717, 1.165) is 10.8 Å². The Hall–Kier alpha value is -3.58. The van der Waals surface area contributed by atoms with Gasteiger partial charge in [0, 0.05) is 23.4 Å². The van der Waals surface area contributed by atoms with Crippen molar-refractivity contribution < 1.29 is 19.1 Å². The summed E-state index contributed by atoms with van der Waals surface area (Å²) >= 11 is 6.08. The molecule has 0 heterocycles. The summed E-state index contributed by atoms with van der Waals surface area (Å²) in [4.78, 5) is 24.8. The van der Waals surface area contributed by atoms with Gasteiger partial charge >= 0.3 is 0 Å². The van der Waals surface area contributed by atoms with Gasteiger partial charge in [-0.1, -0.05) is 41.9 Å². The Bertz CT molecular complexity index is 1160. The summed E-state index contributed by atoms with van der Waals surface area (Å²) in [6.07, 6.45) is -0.0217. The quantitative estimate of drug-likeness (QED) is 0.414. The number of rotatable bonds is 7. The standard InChI is InChI=1S/C23H22ClN3O4/c1-14(10-22(28)25-19-13-20(30-2)18(24)12-21(19)31-3)26-27-23(29)17-9-8-15-6-4-5-7-16(15)11-17/h4-9,11-13H,10H2,1-3H3,(H,25,28)(H,27,29). The number of carbonyl (C=O) groups excluding carboxylic acids is 2. The van der Waals surface area contributed by atoms with Crippen LogP contribution in [-0.4, -0.2) is 31.7 Å². The molecular formula is C23H22ClN3O4. The molecule has 2 N–H and O–H groups in total. The largest absolute Gasteiger partial charge is 0.495 e. The Morgan fingerprint density at radius 1 is 0.968 bits per heavy atom. The Kier molecular flexibility index (Phi) is 7.10. The van der Waals surface area contributed by atoms with Gasteiger partial charge in [0.25, 0.3) is 5.91 Å². The number of amides is 2. The third kappa shape index (κ3) is 5.52. The molecule has 0 saturated carbocycles. The molecule has 0 aliphatic heterocycles. The van der Waals surface area contributed by atoms with Gasteiger partial charge in [-0.3, -0.25) is 9.59 Å². The number of hydrogen-bond acceptors (Lipinski definition) is 5. The topological polar surface area (TPSA) is 89.0 Å². The summed E-state index contributed by atoms with van der Waals surface area (Å²) in [6, 6.07) is 16.3. The van der Waals surface area contributed by atoms with Gasteiger partial charge < -0.3 is 14.8 Å². The molecule has 0 atom stereocenters. The molecule has 0 bridgehead atoms. The van der Waals surface area contributed by atoms with Crippen molar-refractivity contribution in [1.82, 2.24) is 5.43 Å². The lowest BCUT2D eigenvalue weighted by Crippen LogP contribution is -2.21. The molecule has 3 aromatic rings. The minimum Gasteiger partial charge on any atom is -0.495 e. The van der Waals surface area contributed by atoms with Crippen LogP contribution in [0.1, 0.15) is 23.7 Å². The van der Waals surface area contributed by atoms with Gasteiger partial charge in [-0.2, -0.15) is 5.10 Å². The maximum atomic E-state index is 12.4. The van der Waals surface area contributed by atoms with Crippen molar-refractivity contribution >= 4 is 45.6 Å². The Labute approximate surface area is 185 Å². The highest BCUT2D eigenvalue weighted by Crippen LogP contribution is 2.35. The van der Waals surface area contributed by atoms with E-state index in [2.05, 4.69) is 15.8 Å². The zero-order valence-electron chi connectivity index (χ0n) is 17.4. The predicted octanol–water partition coefficient (Wildman–Crippen LogP) is 4.64. The number of hydrogen-bond donors (Lipinski definition) is 2. The number of benzene rings is 3. The molecule has 7 nitrogen and oxygen atoms in total. The lowest BCUT2D eigenvalue weighted by atomic mass is 10.1. The number of hydrazone groups is 1. The summed E-state index contributed by atoms with van der Waals surface area (Å²) in [5.41, 5.74) is 3.83. The van der Waals surface area contributed by atoms with Crippen LogP contribution in [0.2, 0.25) is 5.02 Å². The van der Waals surface area contributed by atoms with E-state index in [1.54, 1.807) is 31.2 Å². The number of nitrogens with zero attached hydrogens (tertiary/aromatic N) is 1. The second kappa shape index (κ2) is 9.95. The number of fused-ring (bicyclic) bond motifs is 1. The highest BCUT2D eigenvalue weighted by molar-refractivity contribution is 6.32. The van der Waals surface area contributed by atoms with Gasteiger partial charge in [0.1, 0.15) is 11.5 Å². The first-order valence-corrected chi connectivity index (χ1v) is 9.82.